The Morgan fingerprint density at radius 2 is 1.82 bits per heavy atom. The van der Waals surface area contributed by atoms with Gasteiger partial charge in [-0.15, -0.1) is 0 Å². The van der Waals surface area contributed by atoms with Crippen LogP contribution in [0.3, 0.4) is 0 Å². The Balaban J connectivity index is 1.85. The number of unbranched alkanes of at least 4 members (excludes halogenated alkanes) is 4. The van der Waals surface area contributed by atoms with Crippen molar-refractivity contribution in [2.24, 2.45) is 0 Å². The van der Waals surface area contributed by atoms with E-state index in [1.54, 1.807) is 18.4 Å². The van der Waals surface area contributed by atoms with Crippen molar-refractivity contribution in [3.8, 4) is 5.75 Å². The Kier molecular flexibility index (Phi) is 4.47. The first-order valence-corrected chi connectivity index (χ1v) is 7.86. The van der Waals surface area contributed by atoms with Gasteiger partial charge in [-0.05, 0) is 18.6 Å². The van der Waals surface area contributed by atoms with Crippen LogP contribution in [0, 0.1) is 0 Å². The molecule has 2 heterocycles. The minimum atomic E-state index is -0.371. The zero-order valence-electron chi connectivity index (χ0n) is 12.8. The molecule has 116 valence electrons. The second-order valence-corrected chi connectivity index (χ2v) is 5.47. The van der Waals surface area contributed by atoms with Crippen LogP contribution in [0.2, 0.25) is 0 Å². The Hall–Kier alpha value is -2.23. The van der Waals surface area contributed by atoms with Gasteiger partial charge in [0.15, 0.2) is 0 Å². The molecular formula is C18H20O4. The average molecular weight is 300 g/mol. The van der Waals surface area contributed by atoms with Gasteiger partial charge in [-0.1, -0.05) is 32.6 Å². The fourth-order valence-electron chi connectivity index (χ4n) is 2.65. The summed E-state index contributed by atoms with van der Waals surface area (Å²) in [6.45, 7) is 2.86. The predicted octanol–water partition coefficient (Wildman–Crippen LogP) is 4.89. The number of benzene rings is 1. The SMILES string of the molecule is CCCCCCCOc1c2ccoc2cc2oc(=O)ccc12. The molecule has 1 aromatic carbocycles. The van der Waals surface area contributed by atoms with Crippen molar-refractivity contribution in [1.29, 1.82) is 0 Å². The third-order valence-electron chi connectivity index (χ3n) is 3.80. The molecule has 4 nitrogen and oxygen atoms in total. The Bertz CT molecular complexity index is 813. The summed E-state index contributed by atoms with van der Waals surface area (Å²) >= 11 is 0. The number of ether oxygens (including phenoxy) is 1. The van der Waals surface area contributed by atoms with Crippen molar-refractivity contribution in [3.63, 3.8) is 0 Å². The average Bonchev–Trinajstić information content (AvgIpc) is 2.97. The molecule has 0 saturated heterocycles. The van der Waals surface area contributed by atoms with E-state index in [0.717, 1.165) is 22.9 Å². The molecule has 0 aliphatic heterocycles. The zero-order valence-corrected chi connectivity index (χ0v) is 12.8. The number of rotatable bonds is 7. The van der Waals surface area contributed by atoms with E-state index in [-0.39, 0.29) is 5.63 Å². The van der Waals surface area contributed by atoms with Crippen LogP contribution in [0.5, 0.6) is 5.75 Å². The van der Waals surface area contributed by atoms with E-state index in [2.05, 4.69) is 6.92 Å². The molecule has 2 aromatic heterocycles. The van der Waals surface area contributed by atoms with Crippen LogP contribution >= 0.6 is 0 Å². The van der Waals surface area contributed by atoms with E-state index in [0.29, 0.717) is 17.8 Å². The highest BCUT2D eigenvalue weighted by Gasteiger charge is 2.13. The lowest BCUT2D eigenvalue weighted by molar-refractivity contribution is 0.311. The van der Waals surface area contributed by atoms with Gasteiger partial charge in [-0.3, -0.25) is 0 Å². The maximum Gasteiger partial charge on any atom is 0.336 e. The molecule has 3 aromatic rings. The van der Waals surface area contributed by atoms with E-state index in [4.69, 9.17) is 13.6 Å². The van der Waals surface area contributed by atoms with Crippen LogP contribution in [0.25, 0.3) is 21.9 Å². The third kappa shape index (κ3) is 3.01. The molecule has 4 heteroatoms. The summed E-state index contributed by atoms with van der Waals surface area (Å²) in [4.78, 5) is 11.4. The number of fused-ring (bicyclic) bond motifs is 2. The summed E-state index contributed by atoms with van der Waals surface area (Å²) in [6, 6.07) is 6.79. The van der Waals surface area contributed by atoms with Gasteiger partial charge in [-0.2, -0.15) is 0 Å². The van der Waals surface area contributed by atoms with Gasteiger partial charge in [-0.25, -0.2) is 4.79 Å². The van der Waals surface area contributed by atoms with Crippen molar-refractivity contribution in [1.82, 2.24) is 0 Å². The molecule has 0 bridgehead atoms. The zero-order chi connectivity index (χ0) is 15.4. The van der Waals surface area contributed by atoms with Crippen LogP contribution in [-0.2, 0) is 0 Å². The fraction of sp³-hybridized carbons (Fsp3) is 0.389. The third-order valence-corrected chi connectivity index (χ3v) is 3.80. The second kappa shape index (κ2) is 6.69. The Morgan fingerprint density at radius 3 is 2.68 bits per heavy atom. The quantitative estimate of drug-likeness (QED) is 0.460. The summed E-state index contributed by atoms with van der Waals surface area (Å²) in [5, 5.41) is 1.72. The molecule has 0 saturated carbocycles. The number of hydrogen-bond donors (Lipinski definition) is 0. The molecule has 0 aliphatic rings. The molecule has 3 rings (SSSR count). The van der Waals surface area contributed by atoms with Crippen molar-refractivity contribution < 1.29 is 13.6 Å². The van der Waals surface area contributed by atoms with E-state index >= 15 is 0 Å². The molecule has 0 amide bonds. The standard InChI is InChI=1S/C18H20O4/c1-2-3-4-5-6-10-21-18-13-7-8-17(19)22-16(13)12-15-14(18)9-11-20-15/h7-9,11-12H,2-6,10H2,1H3. The van der Waals surface area contributed by atoms with Gasteiger partial charge in [0.05, 0.1) is 23.6 Å². The maximum absolute atomic E-state index is 11.4. The minimum Gasteiger partial charge on any atom is -0.492 e. The molecule has 0 atom stereocenters. The first-order chi connectivity index (χ1) is 10.8. The Morgan fingerprint density at radius 1 is 1.00 bits per heavy atom. The lowest BCUT2D eigenvalue weighted by Crippen LogP contribution is -2.00. The van der Waals surface area contributed by atoms with E-state index in [1.165, 1.54) is 31.7 Å². The van der Waals surface area contributed by atoms with Gasteiger partial charge < -0.3 is 13.6 Å². The highest BCUT2D eigenvalue weighted by molar-refractivity contribution is 6.01. The van der Waals surface area contributed by atoms with Gasteiger partial charge in [0.1, 0.15) is 16.9 Å². The lowest BCUT2D eigenvalue weighted by atomic mass is 10.1. The van der Waals surface area contributed by atoms with E-state index in [1.807, 2.05) is 6.07 Å². The summed E-state index contributed by atoms with van der Waals surface area (Å²) in [7, 11) is 0. The first-order valence-electron chi connectivity index (χ1n) is 7.86. The molecule has 0 radical (unpaired) electrons. The maximum atomic E-state index is 11.4. The van der Waals surface area contributed by atoms with Gasteiger partial charge in [0.25, 0.3) is 0 Å². The van der Waals surface area contributed by atoms with Crippen LogP contribution in [0.1, 0.15) is 39.0 Å². The van der Waals surface area contributed by atoms with Crippen LogP contribution < -0.4 is 10.4 Å². The minimum absolute atomic E-state index is 0.371. The summed E-state index contributed by atoms with van der Waals surface area (Å²) in [6.07, 6.45) is 7.56. The normalized spacial score (nSPS) is 11.3. The predicted molar refractivity (Wildman–Crippen MR) is 86.5 cm³/mol. The van der Waals surface area contributed by atoms with E-state index < -0.39 is 0 Å². The summed E-state index contributed by atoms with van der Waals surface area (Å²) < 4.78 is 16.7. The van der Waals surface area contributed by atoms with Crippen LogP contribution in [0.4, 0.5) is 0 Å². The topological polar surface area (TPSA) is 52.6 Å². The van der Waals surface area contributed by atoms with Crippen LogP contribution in [0.15, 0.2) is 44.2 Å². The van der Waals surface area contributed by atoms with E-state index in [9.17, 15) is 4.79 Å². The Labute approximate surface area is 128 Å². The molecule has 0 N–H and O–H groups in total. The number of furan rings is 1. The summed E-state index contributed by atoms with van der Waals surface area (Å²) in [5.74, 6) is 0.737. The van der Waals surface area contributed by atoms with Crippen molar-refractivity contribution >= 4 is 21.9 Å². The largest absolute Gasteiger partial charge is 0.492 e. The summed E-state index contributed by atoms with van der Waals surface area (Å²) in [5.41, 5.74) is 0.794. The molecular weight excluding hydrogens is 280 g/mol. The van der Waals surface area contributed by atoms with Gasteiger partial charge in [0, 0.05) is 12.1 Å². The monoisotopic (exact) mass is 300 g/mol. The van der Waals surface area contributed by atoms with Crippen molar-refractivity contribution in [2.75, 3.05) is 6.61 Å². The highest BCUT2D eigenvalue weighted by Crippen LogP contribution is 2.35. The molecule has 22 heavy (non-hydrogen) atoms. The van der Waals surface area contributed by atoms with Gasteiger partial charge in [0.2, 0.25) is 0 Å². The van der Waals surface area contributed by atoms with Gasteiger partial charge >= 0.3 is 5.63 Å². The molecule has 0 spiro atoms. The molecule has 0 fully saturated rings. The fourth-order valence-corrected chi connectivity index (χ4v) is 2.65. The molecule has 0 aliphatic carbocycles. The van der Waals surface area contributed by atoms with Crippen LogP contribution in [-0.4, -0.2) is 6.61 Å². The smallest absolute Gasteiger partial charge is 0.336 e. The molecule has 0 unspecified atom stereocenters. The second-order valence-electron chi connectivity index (χ2n) is 5.47. The van der Waals surface area contributed by atoms with Crippen molar-refractivity contribution in [2.45, 2.75) is 39.0 Å². The number of hydrogen-bond acceptors (Lipinski definition) is 4. The first kappa shape index (κ1) is 14.7. The highest BCUT2D eigenvalue weighted by atomic mass is 16.5. The lowest BCUT2D eigenvalue weighted by Gasteiger charge is -2.10. The van der Waals surface area contributed by atoms with Crippen molar-refractivity contribution in [3.05, 3.63) is 40.9 Å².